The van der Waals surface area contributed by atoms with E-state index in [1.165, 1.54) is 7.11 Å². The lowest BCUT2D eigenvalue weighted by atomic mass is 10.1. The normalized spacial score (nSPS) is 12.0. The van der Waals surface area contributed by atoms with E-state index in [2.05, 4.69) is 30.8 Å². The number of methoxy groups -OCH3 is 1. The Hall–Kier alpha value is -1.55. The van der Waals surface area contributed by atoms with Gasteiger partial charge < -0.3 is 14.5 Å². The number of hydrogen-bond donors (Lipinski definition) is 1. The Morgan fingerprint density at radius 3 is 2.76 bits per heavy atom. The molecule has 1 aromatic rings. The number of rotatable bonds is 4. The molecule has 0 saturated carbocycles. The van der Waals surface area contributed by atoms with Crippen molar-refractivity contribution in [3.8, 4) is 0 Å². The highest BCUT2D eigenvalue weighted by Crippen LogP contribution is 2.10. The fourth-order valence-corrected chi connectivity index (χ4v) is 1.19. The summed E-state index contributed by atoms with van der Waals surface area (Å²) in [6.07, 6.45) is 3.77. The number of nitrogens with one attached hydrogen (secondary N) is 1. The lowest BCUT2D eigenvalue weighted by Gasteiger charge is -2.18. The van der Waals surface area contributed by atoms with Gasteiger partial charge in [0.25, 0.3) is 0 Å². The molecular formula is C13H19NO3. The zero-order valence-corrected chi connectivity index (χ0v) is 10.7. The maximum Gasteiger partial charge on any atom is 0.373 e. The molecule has 0 aliphatic heterocycles. The van der Waals surface area contributed by atoms with Crippen molar-refractivity contribution in [1.29, 1.82) is 0 Å². The summed E-state index contributed by atoms with van der Waals surface area (Å²) >= 11 is 0. The number of esters is 1. The largest absolute Gasteiger partial charge is 0.463 e. The first-order valence-corrected chi connectivity index (χ1v) is 5.52. The third kappa shape index (κ3) is 4.87. The van der Waals surface area contributed by atoms with Gasteiger partial charge in [0.1, 0.15) is 5.76 Å². The van der Waals surface area contributed by atoms with Crippen molar-refractivity contribution in [3.05, 3.63) is 29.7 Å². The SMILES string of the molecule is COC(=O)c1ccc(C=CCNC(C)(C)C)o1. The van der Waals surface area contributed by atoms with Gasteiger partial charge in [-0.15, -0.1) is 0 Å². The highest BCUT2D eigenvalue weighted by atomic mass is 16.5. The third-order valence-electron chi connectivity index (χ3n) is 2.05. The maximum atomic E-state index is 11.1. The molecule has 1 N–H and O–H groups in total. The summed E-state index contributed by atoms with van der Waals surface area (Å²) in [4.78, 5) is 11.1. The summed E-state index contributed by atoms with van der Waals surface area (Å²) in [7, 11) is 1.33. The Bertz CT molecular complexity index is 399. The summed E-state index contributed by atoms with van der Waals surface area (Å²) < 4.78 is 9.83. The predicted molar refractivity (Wildman–Crippen MR) is 66.8 cm³/mol. The molecule has 1 rings (SSSR count). The van der Waals surface area contributed by atoms with Crippen molar-refractivity contribution in [2.24, 2.45) is 0 Å². The van der Waals surface area contributed by atoms with Gasteiger partial charge in [-0.2, -0.15) is 0 Å². The molecule has 17 heavy (non-hydrogen) atoms. The molecule has 0 radical (unpaired) electrons. The first kappa shape index (κ1) is 13.5. The van der Waals surface area contributed by atoms with Crippen LogP contribution in [-0.4, -0.2) is 25.2 Å². The molecule has 4 heteroatoms. The molecular weight excluding hydrogens is 218 g/mol. The van der Waals surface area contributed by atoms with E-state index in [0.717, 1.165) is 6.54 Å². The Labute approximate surface area is 102 Å². The number of ether oxygens (including phenoxy) is 1. The second-order valence-electron chi connectivity index (χ2n) is 4.73. The van der Waals surface area contributed by atoms with Gasteiger partial charge in [-0.25, -0.2) is 4.79 Å². The van der Waals surface area contributed by atoms with Gasteiger partial charge in [-0.05, 0) is 39.0 Å². The predicted octanol–water partition coefficient (Wildman–Crippen LogP) is 2.47. The number of furan rings is 1. The van der Waals surface area contributed by atoms with Crippen LogP contribution < -0.4 is 5.32 Å². The van der Waals surface area contributed by atoms with Gasteiger partial charge in [0.15, 0.2) is 0 Å². The standard InChI is InChI=1S/C13H19NO3/c1-13(2,3)14-9-5-6-10-7-8-11(17-10)12(15)16-4/h5-8,14H,9H2,1-4H3. The Morgan fingerprint density at radius 2 is 2.18 bits per heavy atom. The molecule has 0 unspecified atom stereocenters. The van der Waals surface area contributed by atoms with Gasteiger partial charge in [0.2, 0.25) is 5.76 Å². The van der Waals surface area contributed by atoms with Gasteiger partial charge in [0.05, 0.1) is 7.11 Å². The second-order valence-corrected chi connectivity index (χ2v) is 4.73. The van der Waals surface area contributed by atoms with E-state index in [9.17, 15) is 4.79 Å². The lowest BCUT2D eigenvalue weighted by Crippen LogP contribution is -2.35. The summed E-state index contributed by atoms with van der Waals surface area (Å²) in [6.45, 7) is 7.05. The van der Waals surface area contributed by atoms with Crippen molar-refractivity contribution >= 4 is 12.0 Å². The molecule has 0 aliphatic rings. The molecule has 0 atom stereocenters. The fourth-order valence-electron chi connectivity index (χ4n) is 1.19. The van der Waals surface area contributed by atoms with Crippen LogP contribution in [0.3, 0.4) is 0 Å². The molecule has 1 aromatic heterocycles. The second kappa shape index (κ2) is 5.68. The first-order chi connectivity index (χ1) is 7.92. The van der Waals surface area contributed by atoms with E-state index in [1.807, 2.05) is 12.2 Å². The first-order valence-electron chi connectivity index (χ1n) is 5.52. The quantitative estimate of drug-likeness (QED) is 0.817. The number of carbonyl (C=O) groups excluding carboxylic acids is 1. The molecule has 1 heterocycles. The molecule has 0 spiro atoms. The average Bonchev–Trinajstić information content (AvgIpc) is 2.70. The highest BCUT2D eigenvalue weighted by Gasteiger charge is 2.09. The van der Waals surface area contributed by atoms with Crippen LogP contribution in [0.25, 0.3) is 6.08 Å². The van der Waals surface area contributed by atoms with Gasteiger partial charge in [-0.3, -0.25) is 0 Å². The molecule has 0 aromatic carbocycles. The zero-order chi connectivity index (χ0) is 12.9. The van der Waals surface area contributed by atoms with Crippen molar-refractivity contribution in [2.45, 2.75) is 26.3 Å². The number of hydrogen-bond acceptors (Lipinski definition) is 4. The average molecular weight is 237 g/mol. The minimum absolute atomic E-state index is 0.0880. The van der Waals surface area contributed by atoms with Crippen LogP contribution in [0.1, 0.15) is 37.1 Å². The van der Waals surface area contributed by atoms with Crippen LogP contribution in [0.15, 0.2) is 22.6 Å². The number of carbonyl (C=O) groups is 1. The van der Waals surface area contributed by atoms with Crippen LogP contribution >= 0.6 is 0 Å². The monoisotopic (exact) mass is 237 g/mol. The van der Waals surface area contributed by atoms with Gasteiger partial charge >= 0.3 is 5.97 Å². The minimum atomic E-state index is -0.461. The zero-order valence-electron chi connectivity index (χ0n) is 10.7. The third-order valence-corrected chi connectivity index (χ3v) is 2.05. The highest BCUT2D eigenvalue weighted by molar-refractivity contribution is 5.86. The van der Waals surface area contributed by atoms with Crippen molar-refractivity contribution in [2.75, 3.05) is 13.7 Å². The fraction of sp³-hybridized carbons (Fsp3) is 0.462. The van der Waals surface area contributed by atoms with Crippen LogP contribution in [-0.2, 0) is 4.74 Å². The molecule has 4 nitrogen and oxygen atoms in total. The van der Waals surface area contributed by atoms with E-state index < -0.39 is 5.97 Å². The van der Waals surface area contributed by atoms with E-state index >= 15 is 0 Å². The Kier molecular flexibility index (Phi) is 4.52. The molecule has 0 saturated heterocycles. The van der Waals surface area contributed by atoms with E-state index in [4.69, 9.17) is 4.42 Å². The maximum absolute atomic E-state index is 11.1. The van der Waals surface area contributed by atoms with Crippen LogP contribution in [0.5, 0.6) is 0 Å². The molecule has 0 amide bonds. The lowest BCUT2D eigenvalue weighted by molar-refractivity contribution is 0.0564. The Morgan fingerprint density at radius 1 is 1.47 bits per heavy atom. The van der Waals surface area contributed by atoms with Crippen LogP contribution in [0, 0.1) is 0 Å². The van der Waals surface area contributed by atoms with E-state index in [1.54, 1.807) is 12.1 Å². The van der Waals surface area contributed by atoms with Crippen LogP contribution in [0.4, 0.5) is 0 Å². The summed E-state index contributed by atoms with van der Waals surface area (Å²) in [5, 5.41) is 3.31. The van der Waals surface area contributed by atoms with Crippen molar-refractivity contribution in [1.82, 2.24) is 5.32 Å². The molecule has 0 aliphatic carbocycles. The van der Waals surface area contributed by atoms with Crippen molar-refractivity contribution < 1.29 is 13.9 Å². The van der Waals surface area contributed by atoms with E-state index in [0.29, 0.717) is 5.76 Å². The van der Waals surface area contributed by atoms with Crippen LogP contribution in [0.2, 0.25) is 0 Å². The summed E-state index contributed by atoms with van der Waals surface area (Å²) in [5.41, 5.74) is 0.0880. The topological polar surface area (TPSA) is 51.5 Å². The molecule has 0 fully saturated rings. The van der Waals surface area contributed by atoms with Gasteiger partial charge in [-0.1, -0.05) is 6.08 Å². The smallest absolute Gasteiger partial charge is 0.373 e. The van der Waals surface area contributed by atoms with E-state index in [-0.39, 0.29) is 11.3 Å². The van der Waals surface area contributed by atoms with Crippen molar-refractivity contribution in [3.63, 3.8) is 0 Å². The minimum Gasteiger partial charge on any atom is -0.463 e. The Balaban J connectivity index is 2.49. The van der Waals surface area contributed by atoms with Gasteiger partial charge in [0, 0.05) is 12.1 Å². The summed E-state index contributed by atoms with van der Waals surface area (Å²) in [5.74, 6) is 0.398. The summed E-state index contributed by atoms with van der Waals surface area (Å²) in [6, 6.07) is 3.34. The molecule has 94 valence electrons. The molecule has 0 bridgehead atoms.